The van der Waals surface area contributed by atoms with Gasteiger partial charge in [0.05, 0.1) is 0 Å². The van der Waals surface area contributed by atoms with Gasteiger partial charge >= 0.3 is 0 Å². The smallest absolute Gasteiger partial charge is 0.229 e. The van der Waals surface area contributed by atoms with Crippen LogP contribution in [0.25, 0.3) is 0 Å². The van der Waals surface area contributed by atoms with E-state index >= 15 is 0 Å². The highest BCUT2D eigenvalue weighted by atomic mass is 19.1. The molecule has 0 amide bonds. The van der Waals surface area contributed by atoms with Crippen LogP contribution in [0.15, 0.2) is 42.5 Å². The van der Waals surface area contributed by atoms with Crippen LogP contribution in [0.1, 0.15) is 12.1 Å². The number of hydrogen-bond donors (Lipinski definition) is 1. The van der Waals surface area contributed by atoms with Gasteiger partial charge in [0, 0.05) is 30.5 Å². The van der Waals surface area contributed by atoms with Crippen LogP contribution in [0.4, 0.5) is 21.8 Å². The minimum absolute atomic E-state index is 0.258. The van der Waals surface area contributed by atoms with E-state index in [-0.39, 0.29) is 5.82 Å². The lowest BCUT2D eigenvalue weighted by Gasteiger charge is -2.25. The van der Waals surface area contributed by atoms with Crippen molar-refractivity contribution in [3.63, 3.8) is 0 Å². The third-order valence-electron chi connectivity index (χ3n) is 3.32. The maximum absolute atomic E-state index is 12.9. The lowest BCUT2D eigenvalue weighted by atomic mass is 10.2. The van der Waals surface area contributed by atoms with Crippen molar-refractivity contribution in [3.05, 3.63) is 54.0 Å². The van der Waals surface area contributed by atoms with E-state index < -0.39 is 0 Å². The molecule has 2 aromatic rings. The number of rotatable bonds is 3. The summed E-state index contributed by atoms with van der Waals surface area (Å²) in [6.07, 6.45) is 5.36. The normalized spacial score (nSPS) is 14.3. The first-order chi connectivity index (χ1) is 10.2. The summed E-state index contributed by atoms with van der Waals surface area (Å²) < 4.78 is 12.9. The van der Waals surface area contributed by atoms with E-state index in [1.165, 1.54) is 12.1 Å². The Labute approximate surface area is 123 Å². The number of nitrogens with zero attached hydrogens (tertiary/aromatic N) is 3. The highest BCUT2D eigenvalue weighted by Gasteiger charge is 2.11. The van der Waals surface area contributed by atoms with Gasteiger partial charge < -0.3 is 10.2 Å². The molecule has 0 fully saturated rings. The fourth-order valence-corrected chi connectivity index (χ4v) is 2.28. The van der Waals surface area contributed by atoms with E-state index in [1.54, 1.807) is 12.1 Å². The molecule has 2 heterocycles. The molecule has 0 aliphatic carbocycles. The number of benzene rings is 1. The first-order valence-corrected chi connectivity index (χ1v) is 6.99. The molecule has 3 rings (SSSR count). The van der Waals surface area contributed by atoms with Crippen LogP contribution in [0.3, 0.4) is 0 Å². The third-order valence-corrected chi connectivity index (χ3v) is 3.32. The van der Waals surface area contributed by atoms with Crippen LogP contribution in [-0.2, 0) is 0 Å². The second-order valence-electron chi connectivity index (χ2n) is 5.03. The number of nitrogens with one attached hydrogen (secondary N) is 1. The van der Waals surface area contributed by atoms with Gasteiger partial charge in [-0.15, -0.1) is 0 Å². The first kappa shape index (κ1) is 13.5. The molecule has 0 bridgehead atoms. The molecule has 1 aliphatic heterocycles. The Morgan fingerprint density at radius 2 is 1.95 bits per heavy atom. The summed E-state index contributed by atoms with van der Waals surface area (Å²) in [5.41, 5.74) is 1.67. The quantitative estimate of drug-likeness (QED) is 0.877. The molecule has 0 saturated heterocycles. The van der Waals surface area contributed by atoms with E-state index in [1.807, 2.05) is 13.0 Å². The third kappa shape index (κ3) is 3.37. The van der Waals surface area contributed by atoms with E-state index in [0.29, 0.717) is 5.95 Å². The Hall–Kier alpha value is -2.43. The van der Waals surface area contributed by atoms with E-state index in [2.05, 4.69) is 32.3 Å². The number of hydrogen-bond acceptors (Lipinski definition) is 4. The molecule has 0 unspecified atom stereocenters. The van der Waals surface area contributed by atoms with Gasteiger partial charge in [-0.2, -0.15) is 4.98 Å². The Balaban J connectivity index is 1.83. The summed E-state index contributed by atoms with van der Waals surface area (Å²) in [6, 6.07) is 8.15. The summed E-state index contributed by atoms with van der Waals surface area (Å²) >= 11 is 0. The molecule has 1 aliphatic rings. The largest absolute Gasteiger partial charge is 0.352 e. The van der Waals surface area contributed by atoms with Gasteiger partial charge in [0.1, 0.15) is 11.6 Å². The summed E-state index contributed by atoms with van der Waals surface area (Å²) in [6.45, 7) is 3.77. The molecule has 1 N–H and O–H groups in total. The number of aryl methyl sites for hydroxylation is 1. The molecule has 4 nitrogen and oxygen atoms in total. The van der Waals surface area contributed by atoms with Gasteiger partial charge in [0.25, 0.3) is 0 Å². The molecule has 108 valence electrons. The van der Waals surface area contributed by atoms with Gasteiger partial charge in [0.15, 0.2) is 0 Å². The summed E-state index contributed by atoms with van der Waals surface area (Å²) in [7, 11) is 0. The van der Waals surface area contributed by atoms with Crippen molar-refractivity contribution < 1.29 is 4.39 Å². The Bertz CT molecular complexity index is 652. The van der Waals surface area contributed by atoms with Crippen molar-refractivity contribution in [2.45, 2.75) is 13.3 Å². The minimum Gasteiger partial charge on any atom is -0.352 e. The molecule has 0 saturated carbocycles. The van der Waals surface area contributed by atoms with Gasteiger partial charge in [-0.05, 0) is 37.6 Å². The minimum atomic E-state index is -0.258. The molecule has 21 heavy (non-hydrogen) atoms. The lowest BCUT2D eigenvalue weighted by Crippen LogP contribution is -2.28. The standard InChI is InChI=1S/C16H17FN4/c1-12-11-15(21-9-3-2-4-10-21)20-16(18-12)19-14-7-5-13(17)6-8-14/h2-3,5-8,11H,4,9-10H2,1H3,(H,18,19,20). The van der Waals surface area contributed by atoms with Crippen LogP contribution in [0, 0.1) is 12.7 Å². The maximum Gasteiger partial charge on any atom is 0.229 e. The van der Waals surface area contributed by atoms with Crippen molar-refractivity contribution in [3.8, 4) is 0 Å². The zero-order valence-corrected chi connectivity index (χ0v) is 11.9. The van der Waals surface area contributed by atoms with Crippen LogP contribution >= 0.6 is 0 Å². The van der Waals surface area contributed by atoms with Crippen molar-refractivity contribution in [1.82, 2.24) is 9.97 Å². The van der Waals surface area contributed by atoms with Crippen molar-refractivity contribution in [1.29, 1.82) is 0 Å². The second-order valence-corrected chi connectivity index (χ2v) is 5.03. The Kier molecular flexibility index (Phi) is 3.81. The second kappa shape index (κ2) is 5.91. The molecule has 1 aromatic carbocycles. The monoisotopic (exact) mass is 284 g/mol. The molecule has 0 spiro atoms. The summed E-state index contributed by atoms with van der Waals surface area (Å²) in [5, 5.41) is 3.12. The maximum atomic E-state index is 12.9. The fourth-order valence-electron chi connectivity index (χ4n) is 2.28. The van der Waals surface area contributed by atoms with Crippen LogP contribution in [0.5, 0.6) is 0 Å². The predicted molar refractivity (Wildman–Crippen MR) is 82.4 cm³/mol. The van der Waals surface area contributed by atoms with Gasteiger partial charge in [-0.25, -0.2) is 9.37 Å². The van der Waals surface area contributed by atoms with Crippen LogP contribution in [-0.4, -0.2) is 23.1 Å². The van der Waals surface area contributed by atoms with Crippen molar-refractivity contribution >= 4 is 17.5 Å². The first-order valence-electron chi connectivity index (χ1n) is 6.99. The van der Waals surface area contributed by atoms with Gasteiger partial charge in [-0.3, -0.25) is 0 Å². The average molecular weight is 284 g/mol. The van der Waals surface area contributed by atoms with Crippen molar-refractivity contribution in [2.24, 2.45) is 0 Å². The van der Waals surface area contributed by atoms with E-state index in [9.17, 15) is 4.39 Å². The number of anilines is 3. The summed E-state index contributed by atoms with van der Waals surface area (Å²) in [5.74, 6) is 1.19. The molecule has 1 aromatic heterocycles. The molecule has 0 radical (unpaired) electrons. The molecular formula is C16H17FN4. The average Bonchev–Trinajstić information content (AvgIpc) is 2.50. The number of halogens is 1. The van der Waals surface area contributed by atoms with Crippen LogP contribution < -0.4 is 10.2 Å². The van der Waals surface area contributed by atoms with Crippen molar-refractivity contribution in [2.75, 3.05) is 23.3 Å². The fraction of sp³-hybridized carbons (Fsp3) is 0.250. The Morgan fingerprint density at radius 1 is 1.14 bits per heavy atom. The molecular weight excluding hydrogens is 267 g/mol. The molecule has 5 heteroatoms. The Morgan fingerprint density at radius 3 is 2.67 bits per heavy atom. The SMILES string of the molecule is Cc1cc(N2CC=CCC2)nc(Nc2ccc(F)cc2)n1. The zero-order chi connectivity index (χ0) is 14.7. The van der Waals surface area contributed by atoms with Gasteiger partial charge in [-0.1, -0.05) is 12.2 Å². The topological polar surface area (TPSA) is 41.1 Å². The summed E-state index contributed by atoms with van der Waals surface area (Å²) in [4.78, 5) is 11.1. The number of aromatic nitrogens is 2. The zero-order valence-electron chi connectivity index (χ0n) is 11.9. The predicted octanol–water partition coefficient (Wildman–Crippen LogP) is 3.43. The van der Waals surface area contributed by atoms with Gasteiger partial charge in [0.2, 0.25) is 5.95 Å². The lowest BCUT2D eigenvalue weighted by molar-refractivity contribution is 0.628. The highest BCUT2D eigenvalue weighted by Crippen LogP contribution is 2.20. The molecule has 0 atom stereocenters. The van der Waals surface area contributed by atoms with E-state index in [0.717, 1.165) is 36.7 Å². The highest BCUT2D eigenvalue weighted by molar-refractivity contribution is 5.55. The van der Waals surface area contributed by atoms with Crippen LogP contribution in [0.2, 0.25) is 0 Å². The van der Waals surface area contributed by atoms with E-state index in [4.69, 9.17) is 0 Å².